The third-order valence-electron chi connectivity index (χ3n) is 2.52. The van der Waals surface area contributed by atoms with Gasteiger partial charge in [0, 0.05) is 16.4 Å². The van der Waals surface area contributed by atoms with Gasteiger partial charge in [-0.3, -0.25) is 0 Å². The number of benzene rings is 1. The number of ether oxygens (including phenoxy) is 1. The van der Waals surface area contributed by atoms with Gasteiger partial charge in [-0.15, -0.1) is 11.8 Å². The highest BCUT2D eigenvalue weighted by Gasteiger charge is 2.01. The SMILES string of the molecule is N#CCc1ccc(OCCSc2ncccc2Br)cc1. The maximum Gasteiger partial charge on any atom is 0.119 e. The summed E-state index contributed by atoms with van der Waals surface area (Å²) in [7, 11) is 0. The number of hydrogen-bond donors (Lipinski definition) is 0. The molecule has 5 heteroatoms. The van der Waals surface area contributed by atoms with Crippen molar-refractivity contribution in [3.05, 3.63) is 52.6 Å². The van der Waals surface area contributed by atoms with E-state index in [4.69, 9.17) is 10.00 Å². The molecule has 1 aromatic heterocycles. The van der Waals surface area contributed by atoms with Gasteiger partial charge in [-0.1, -0.05) is 12.1 Å². The molecule has 0 fully saturated rings. The van der Waals surface area contributed by atoms with Crippen molar-refractivity contribution in [1.29, 1.82) is 5.26 Å². The van der Waals surface area contributed by atoms with Crippen molar-refractivity contribution in [1.82, 2.24) is 4.98 Å². The average molecular weight is 349 g/mol. The number of thioether (sulfide) groups is 1. The molecule has 3 nitrogen and oxygen atoms in total. The summed E-state index contributed by atoms with van der Waals surface area (Å²) in [4.78, 5) is 4.28. The van der Waals surface area contributed by atoms with Crippen molar-refractivity contribution in [3.8, 4) is 11.8 Å². The van der Waals surface area contributed by atoms with Gasteiger partial charge in [0.2, 0.25) is 0 Å². The summed E-state index contributed by atoms with van der Waals surface area (Å²) in [5.41, 5.74) is 1.01. The Morgan fingerprint density at radius 1 is 1.25 bits per heavy atom. The third-order valence-corrected chi connectivity index (χ3v) is 4.39. The maximum atomic E-state index is 8.60. The lowest BCUT2D eigenvalue weighted by atomic mass is 10.2. The van der Waals surface area contributed by atoms with Gasteiger partial charge in [-0.25, -0.2) is 4.98 Å². The molecule has 1 heterocycles. The Kier molecular flexibility index (Phi) is 5.90. The molecule has 20 heavy (non-hydrogen) atoms. The van der Waals surface area contributed by atoms with Crippen LogP contribution in [0, 0.1) is 11.3 Å². The van der Waals surface area contributed by atoms with E-state index in [1.165, 1.54) is 0 Å². The summed E-state index contributed by atoms with van der Waals surface area (Å²) in [6.07, 6.45) is 2.21. The summed E-state index contributed by atoms with van der Waals surface area (Å²) >= 11 is 5.12. The van der Waals surface area contributed by atoms with Gasteiger partial charge in [-0.2, -0.15) is 5.26 Å². The van der Waals surface area contributed by atoms with Crippen LogP contribution in [0.5, 0.6) is 5.75 Å². The molecule has 0 unspecified atom stereocenters. The fraction of sp³-hybridized carbons (Fsp3) is 0.200. The van der Waals surface area contributed by atoms with Crippen LogP contribution in [-0.4, -0.2) is 17.3 Å². The third kappa shape index (κ3) is 4.55. The molecule has 0 spiro atoms. The Hall–Kier alpha value is -1.51. The second-order valence-electron chi connectivity index (χ2n) is 3.97. The van der Waals surface area contributed by atoms with Crippen LogP contribution in [0.3, 0.4) is 0 Å². The quantitative estimate of drug-likeness (QED) is 0.582. The molecule has 0 aliphatic carbocycles. The van der Waals surface area contributed by atoms with E-state index in [1.54, 1.807) is 18.0 Å². The highest BCUT2D eigenvalue weighted by Crippen LogP contribution is 2.24. The molecule has 0 atom stereocenters. The molecule has 2 aromatic rings. The molecule has 0 radical (unpaired) electrons. The smallest absolute Gasteiger partial charge is 0.119 e. The fourth-order valence-corrected chi connectivity index (χ4v) is 2.87. The molecule has 0 aliphatic rings. The van der Waals surface area contributed by atoms with Gasteiger partial charge in [0.15, 0.2) is 0 Å². The Morgan fingerprint density at radius 2 is 2.05 bits per heavy atom. The lowest BCUT2D eigenvalue weighted by molar-refractivity contribution is 0.344. The second-order valence-corrected chi connectivity index (χ2v) is 5.90. The minimum Gasteiger partial charge on any atom is -0.493 e. The molecule has 2 rings (SSSR count). The highest BCUT2D eigenvalue weighted by molar-refractivity contribution is 9.10. The van der Waals surface area contributed by atoms with Crippen LogP contribution in [0.15, 0.2) is 52.1 Å². The molecule has 0 aliphatic heterocycles. The van der Waals surface area contributed by atoms with E-state index < -0.39 is 0 Å². The first-order valence-electron chi connectivity index (χ1n) is 6.11. The largest absolute Gasteiger partial charge is 0.493 e. The first-order valence-corrected chi connectivity index (χ1v) is 7.89. The summed E-state index contributed by atoms with van der Waals surface area (Å²) in [5, 5.41) is 9.57. The molecule has 0 amide bonds. The number of nitrogens with zero attached hydrogens (tertiary/aromatic N) is 2. The van der Waals surface area contributed by atoms with Crippen molar-refractivity contribution in [2.45, 2.75) is 11.4 Å². The van der Waals surface area contributed by atoms with Crippen LogP contribution in [0.4, 0.5) is 0 Å². The summed E-state index contributed by atoms with van der Waals surface area (Å²) in [6.45, 7) is 0.616. The number of rotatable bonds is 6. The van der Waals surface area contributed by atoms with Gasteiger partial charge in [-0.05, 0) is 45.8 Å². The van der Waals surface area contributed by atoms with E-state index in [-0.39, 0.29) is 0 Å². The topological polar surface area (TPSA) is 45.9 Å². The zero-order valence-electron chi connectivity index (χ0n) is 10.8. The van der Waals surface area contributed by atoms with E-state index in [1.807, 2.05) is 36.4 Å². The zero-order valence-corrected chi connectivity index (χ0v) is 13.2. The maximum absolute atomic E-state index is 8.60. The van der Waals surface area contributed by atoms with Crippen molar-refractivity contribution >= 4 is 27.7 Å². The molecule has 102 valence electrons. The Bertz CT molecular complexity index is 596. The number of pyridine rings is 1. The normalized spacial score (nSPS) is 10.0. The van der Waals surface area contributed by atoms with E-state index in [0.717, 1.165) is 26.6 Å². The van der Waals surface area contributed by atoms with Crippen LogP contribution in [0.1, 0.15) is 5.56 Å². The molecule has 1 aromatic carbocycles. The van der Waals surface area contributed by atoms with Gasteiger partial charge >= 0.3 is 0 Å². The summed E-state index contributed by atoms with van der Waals surface area (Å²) in [5.74, 6) is 1.66. The van der Waals surface area contributed by atoms with E-state index in [0.29, 0.717) is 13.0 Å². The lowest BCUT2D eigenvalue weighted by Gasteiger charge is -2.07. The van der Waals surface area contributed by atoms with Gasteiger partial charge in [0.25, 0.3) is 0 Å². The Morgan fingerprint density at radius 3 is 2.75 bits per heavy atom. The lowest BCUT2D eigenvalue weighted by Crippen LogP contribution is -2.00. The predicted octanol–water partition coefficient (Wildman–Crippen LogP) is 4.08. The molecule has 0 bridgehead atoms. The van der Waals surface area contributed by atoms with Crippen LogP contribution >= 0.6 is 27.7 Å². The van der Waals surface area contributed by atoms with Crippen LogP contribution in [-0.2, 0) is 6.42 Å². The van der Waals surface area contributed by atoms with E-state index >= 15 is 0 Å². The highest BCUT2D eigenvalue weighted by atomic mass is 79.9. The molecule has 0 N–H and O–H groups in total. The number of aromatic nitrogens is 1. The molecule has 0 saturated heterocycles. The van der Waals surface area contributed by atoms with Gasteiger partial charge in [0.05, 0.1) is 19.1 Å². The summed E-state index contributed by atoms with van der Waals surface area (Å²) < 4.78 is 6.66. The standard InChI is InChI=1S/C15H13BrN2OS/c16-14-2-1-9-18-15(14)20-11-10-19-13-5-3-12(4-6-13)7-8-17/h1-6,9H,7,10-11H2. The van der Waals surface area contributed by atoms with Crippen molar-refractivity contribution < 1.29 is 4.74 Å². The number of halogens is 1. The Labute approximate surface area is 131 Å². The second kappa shape index (κ2) is 7.93. The average Bonchev–Trinajstić information content (AvgIpc) is 2.47. The first kappa shape index (κ1) is 14.9. The van der Waals surface area contributed by atoms with Crippen LogP contribution in [0.25, 0.3) is 0 Å². The van der Waals surface area contributed by atoms with Crippen molar-refractivity contribution in [2.24, 2.45) is 0 Å². The number of hydrogen-bond acceptors (Lipinski definition) is 4. The van der Waals surface area contributed by atoms with Crippen LogP contribution < -0.4 is 4.74 Å². The number of nitriles is 1. The molecule has 0 saturated carbocycles. The first-order chi connectivity index (χ1) is 9.79. The van der Waals surface area contributed by atoms with E-state index in [9.17, 15) is 0 Å². The van der Waals surface area contributed by atoms with Gasteiger partial charge in [0.1, 0.15) is 10.8 Å². The fourth-order valence-electron chi connectivity index (χ4n) is 1.57. The zero-order chi connectivity index (χ0) is 14.2. The van der Waals surface area contributed by atoms with Gasteiger partial charge < -0.3 is 4.74 Å². The summed E-state index contributed by atoms with van der Waals surface area (Å²) in [6, 6.07) is 13.6. The Balaban J connectivity index is 1.76. The monoisotopic (exact) mass is 348 g/mol. The van der Waals surface area contributed by atoms with Crippen LogP contribution in [0.2, 0.25) is 0 Å². The van der Waals surface area contributed by atoms with Crippen molar-refractivity contribution in [2.75, 3.05) is 12.4 Å². The molecular formula is C15H13BrN2OS. The van der Waals surface area contributed by atoms with Crippen molar-refractivity contribution in [3.63, 3.8) is 0 Å². The minimum atomic E-state index is 0.434. The van der Waals surface area contributed by atoms with E-state index in [2.05, 4.69) is 27.0 Å². The minimum absolute atomic E-state index is 0.434. The predicted molar refractivity (Wildman–Crippen MR) is 83.9 cm³/mol. The molecular weight excluding hydrogens is 336 g/mol.